The highest BCUT2D eigenvalue weighted by molar-refractivity contribution is 5.88. The fourth-order valence-corrected chi connectivity index (χ4v) is 1.34. The first kappa shape index (κ1) is 14.5. The zero-order valence-corrected chi connectivity index (χ0v) is 9.69. The highest BCUT2D eigenvalue weighted by Crippen LogP contribution is 2.15. The molecule has 90 valence electrons. The van der Waals surface area contributed by atoms with Crippen molar-refractivity contribution in [1.82, 2.24) is 4.90 Å². The van der Waals surface area contributed by atoms with E-state index in [4.69, 9.17) is 17.3 Å². The second-order valence-corrected chi connectivity index (χ2v) is 3.62. The van der Waals surface area contributed by atoms with Crippen LogP contribution in [-0.4, -0.2) is 40.5 Å². The molecule has 0 radical (unpaired) electrons. The Hall–Kier alpha value is -1.54. The molecule has 0 aromatic carbocycles. The van der Waals surface area contributed by atoms with Crippen LogP contribution in [0.4, 0.5) is 0 Å². The maximum absolute atomic E-state index is 12.0. The molecular weight excluding hydrogens is 208 g/mol. The van der Waals surface area contributed by atoms with E-state index in [1.165, 1.54) is 0 Å². The molecule has 0 fully saturated rings. The summed E-state index contributed by atoms with van der Waals surface area (Å²) in [5, 5.41) is 8.67. The van der Waals surface area contributed by atoms with Crippen LogP contribution in [0.1, 0.15) is 26.7 Å². The summed E-state index contributed by atoms with van der Waals surface area (Å²) < 4.78 is 0. The SMILES string of the molecule is C#CCN(CC(=O)O)C(=O)C(N)(CC)CC. The number of aliphatic carboxylic acids is 1. The van der Waals surface area contributed by atoms with Gasteiger partial charge in [0, 0.05) is 0 Å². The molecule has 1 amide bonds. The molecule has 0 aliphatic rings. The molecule has 0 bridgehead atoms. The molecule has 0 unspecified atom stereocenters. The fourth-order valence-electron chi connectivity index (χ4n) is 1.34. The minimum Gasteiger partial charge on any atom is -0.480 e. The monoisotopic (exact) mass is 226 g/mol. The average Bonchev–Trinajstić information content (AvgIpc) is 2.26. The van der Waals surface area contributed by atoms with Gasteiger partial charge in [-0.25, -0.2) is 0 Å². The topological polar surface area (TPSA) is 83.6 Å². The number of amides is 1. The number of rotatable bonds is 6. The third kappa shape index (κ3) is 3.55. The molecule has 0 heterocycles. The summed E-state index contributed by atoms with van der Waals surface area (Å²) in [6.07, 6.45) is 5.99. The van der Waals surface area contributed by atoms with Crippen LogP contribution in [0.3, 0.4) is 0 Å². The Kier molecular flexibility index (Phi) is 5.54. The minimum atomic E-state index is -1.10. The Morgan fingerprint density at radius 1 is 1.44 bits per heavy atom. The molecule has 0 aromatic rings. The van der Waals surface area contributed by atoms with E-state index in [1.807, 2.05) is 0 Å². The second-order valence-electron chi connectivity index (χ2n) is 3.62. The lowest BCUT2D eigenvalue weighted by Crippen LogP contribution is -2.55. The molecule has 0 spiro atoms. The van der Waals surface area contributed by atoms with E-state index in [0.717, 1.165) is 4.90 Å². The Labute approximate surface area is 95.6 Å². The van der Waals surface area contributed by atoms with Crippen LogP contribution >= 0.6 is 0 Å². The number of hydrogen-bond acceptors (Lipinski definition) is 3. The van der Waals surface area contributed by atoms with Crippen molar-refractivity contribution in [2.45, 2.75) is 32.2 Å². The number of carbonyl (C=O) groups is 2. The molecule has 0 aromatic heterocycles. The van der Waals surface area contributed by atoms with Crippen molar-refractivity contribution in [1.29, 1.82) is 0 Å². The van der Waals surface area contributed by atoms with Crippen LogP contribution in [0.5, 0.6) is 0 Å². The van der Waals surface area contributed by atoms with Gasteiger partial charge in [0.15, 0.2) is 0 Å². The first-order valence-corrected chi connectivity index (χ1v) is 5.14. The third-order valence-corrected chi connectivity index (χ3v) is 2.58. The largest absolute Gasteiger partial charge is 0.480 e. The zero-order valence-electron chi connectivity index (χ0n) is 9.69. The van der Waals surface area contributed by atoms with Crippen molar-refractivity contribution in [3.05, 3.63) is 0 Å². The van der Waals surface area contributed by atoms with Gasteiger partial charge in [-0.2, -0.15) is 0 Å². The molecule has 16 heavy (non-hydrogen) atoms. The quantitative estimate of drug-likeness (QED) is 0.627. The van der Waals surface area contributed by atoms with Crippen molar-refractivity contribution in [3.8, 4) is 12.3 Å². The van der Waals surface area contributed by atoms with E-state index in [-0.39, 0.29) is 6.54 Å². The average molecular weight is 226 g/mol. The maximum atomic E-state index is 12.0. The highest BCUT2D eigenvalue weighted by atomic mass is 16.4. The Morgan fingerprint density at radius 2 is 1.94 bits per heavy atom. The summed E-state index contributed by atoms with van der Waals surface area (Å²) in [4.78, 5) is 23.7. The van der Waals surface area contributed by atoms with Crippen LogP contribution in [0.2, 0.25) is 0 Å². The normalized spacial score (nSPS) is 10.6. The van der Waals surface area contributed by atoms with Crippen molar-refractivity contribution < 1.29 is 14.7 Å². The first-order valence-electron chi connectivity index (χ1n) is 5.14. The van der Waals surface area contributed by atoms with Gasteiger partial charge in [-0.15, -0.1) is 6.42 Å². The van der Waals surface area contributed by atoms with E-state index >= 15 is 0 Å². The summed E-state index contributed by atoms with van der Waals surface area (Å²) >= 11 is 0. The van der Waals surface area contributed by atoms with Gasteiger partial charge >= 0.3 is 5.97 Å². The van der Waals surface area contributed by atoms with Crippen LogP contribution < -0.4 is 5.73 Å². The van der Waals surface area contributed by atoms with Crippen LogP contribution in [0.15, 0.2) is 0 Å². The standard InChI is InChI=1S/C11H18N2O3/c1-4-7-13(8-9(14)15)10(16)11(12,5-2)6-3/h1H,5-8,12H2,2-3H3,(H,14,15). The number of hydrogen-bond donors (Lipinski definition) is 2. The molecule has 0 saturated carbocycles. The van der Waals surface area contributed by atoms with Crippen LogP contribution in [-0.2, 0) is 9.59 Å². The number of terminal acetylenes is 1. The van der Waals surface area contributed by atoms with Crippen molar-refractivity contribution in [2.24, 2.45) is 5.73 Å². The molecule has 5 heteroatoms. The fraction of sp³-hybridized carbons (Fsp3) is 0.636. The lowest BCUT2D eigenvalue weighted by atomic mass is 9.92. The van der Waals surface area contributed by atoms with E-state index < -0.39 is 24.0 Å². The van der Waals surface area contributed by atoms with E-state index in [9.17, 15) is 9.59 Å². The van der Waals surface area contributed by atoms with E-state index in [1.54, 1.807) is 13.8 Å². The molecule has 0 aliphatic heterocycles. The van der Waals surface area contributed by atoms with Gasteiger partial charge in [0.1, 0.15) is 6.54 Å². The van der Waals surface area contributed by atoms with Gasteiger partial charge in [0.2, 0.25) is 5.91 Å². The number of carboxylic acid groups (broad SMARTS) is 1. The van der Waals surface area contributed by atoms with E-state index in [2.05, 4.69) is 5.92 Å². The second kappa shape index (κ2) is 6.13. The van der Waals surface area contributed by atoms with Gasteiger partial charge in [-0.05, 0) is 12.8 Å². The first-order chi connectivity index (χ1) is 7.41. The van der Waals surface area contributed by atoms with Gasteiger partial charge in [0.05, 0.1) is 12.1 Å². The van der Waals surface area contributed by atoms with Crippen molar-refractivity contribution >= 4 is 11.9 Å². The van der Waals surface area contributed by atoms with Crippen molar-refractivity contribution in [2.75, 3.05) is 13.1 Å². The van der Waals surface area contributed by atoms with Gasteiger partial charge in [0.25, 0.3) is 0 Å². The zero-order chi connectivity index (χ0) is 12.8. The predicted octanol–water partition coefficient (Wildman–Crippen LogP) is 0.0503. The molecule has 0 rings (SSSR count). The van der Waals surface area contributed by atoms with Crippen molar-refractivity contribution in [3.63, 3.8) is 0 Å². The van der Waals surface area contributed by atoms with Crippen LogP contribution in [0.25, 0.3) is 0 Å². The highest BCUT2D eigenvalue weighted by Gasteiger charge is 2.34. The molecule has 0 saturated heterocycles. The molecule has 5 nitrogen and oxygen atoms in total. The Morgan fingerprint density at radius 3 is 2.25 bits per heavy atom. The summed E-state index contributed by atoms with van der Waals surface area (Å²) in [5.74, 6) is 0.757. The number of nitrogens with two attached hydrogens (primary N) is 1. The third-order valence-electron chi connectivity index (χ3n) is 2.58. The van der Waals surface area contributed by atoms with Crippen LogP contribution in [0, 0.1) is 12.3 Å². The van der Waals surface area contributed by atoms with Gasteiger partial charge in [-0.1, -0.05) is 19.8 Å². The minimum absolute atomic E-state index is 0.0376. The Balaban J connectivity index is 4.86. The van der Waals surface area contributed by atoms with Gasteiger partial charge in [-0.3, -0.25) is 9.59 Å². The summed E-state index contributed by atoms with van der Waals surface area (Å²) in [6, 6.07) is 0. The molecular formula is C11H18N2O3. The predicted molar refractivity (Wildman–Crippen MR) is 60.5 cm³/mol. The lowest BCUT2D eigenvalue weighted by molar-refractivity contribution is -0.146. The number of carboxylic acids is 1. The number of nitrogens with zero attached hydrogens (tertiary/aromatic N) is 1. The summed E-state index contributed by atoms with van der Waals surface area (Å²) in [7, 11) is 0. The molecule has 0 atom stereocenters. The van der Waals surface area contributed by atoms with Gasteiger partial charge < -0.3 is 15.7 Å². The summed E-state index contributed by atoms with van der Waals surface area (Å²) in [5.41, 5.74) is 4.87. The van der Waals surface area contributed by atoms with E-state index in [0.29, 0.717) is 12.8 Å². The summed E-state index contributed by atoms with van der Waals surface area (Å²) in [6.45, 7) is 3.12. The molecule has 0 aliphatic carbocycles. The Bertz CT molecular complexity index is 303. The molecule has 3 N–H and O–H groups in total. The smallest absolute Gasteiger partial charge is 0.323 e. The lowest BCUT2D eigenvalue weighted by Gasteiger charge is -2.31. The number of carbonyl (C=O) groups excluding carboxylic acids is 1. The maximum Gasteiger partial charge on any atom is 0.323 e.